The predicted octanol–water partition coefficient (Wildman–Crippen LogP) is 1.20. The number of benzene rings is 2. The molecule has 0 radical (unpaired) electrons. The summed E-state index contributed by atoms with van der Waals surface area (Å²) in [4.78, 5) is 37.7. The number of fused-ring (bicyclic) bond motifs is 3. The molecule has 4 rings (SSSR count). The fourth-order valence-corrected chi connectivity index (χ4v) is 5.13. The van der Waals surface area contributed by atoms with E-state index in [1.165, 1.54) is 6.92 Å². The molecule has 1 aliphatic carbocycles. The molecular formula is C30H38N2O10. The van der Waals surface area contributed by atoms with Gasteiger partial charge in [-0.1, -0.05) is 48.5 Å². The van der Waals surface area contributed by atoms with Crippen molar-refractivity contribution in [3.8, 4) is 11.1 Å². The average Bonchev–Trinajstić information content (AvgIpc) is 3.25. The highest BCUT2D eigenvalue weighted by atomic mass is 16.7. The lowest BCUT2D eigenvalue weighted by Crippen LogP contribution is -2.65. The van der Waals surface area contributed by atoms with Crippen LogP contribution in [0.3, 0.4) is 0 Å². The molecule has 0 spiro atoms. The van der Waals surface area contributed by atoms with Crippen molar-refractivity contribution in [1.82, 2.24) is 10.6 Å². The van der Waals surface area contributed by atoms with E-state index in [0.717, 1.165) is 22.3 Å². The molecule has 228 valence electrons. The van der Waals surface area contributed by atoms with Crippen LogP contribution in [0.5, 0.6) is 0 Å². The number of alkyl carbamates (subject to hydrolysis) is 1. The Morgan fingerprint density at radius 2 is 1.57 bits per heavy atom. The van der Waals surface area contributed by atoms with Crippen molar-refractivity contribution in [2.75, 3.05) is 19.8 Å². The van der Waals surface area contributed by atoms with Crippen LogP contribution < -0.4 is 10.6 Å². The Balaban J connectivity index is 1.46. The van der Waals surface area contributed by atoms with Gasteiger partial charge in [-0.05, 0) is 43.0 Å². The van der Waals surface area contributed by atoms with Gasteiger partial charge >= 0.3 is 12.1 Å². The largest absolute Gasteiger partial charge is 0.458 e. The van der Waals surface area contributed by atoms with E-state index in [4.69, 9.17) is 18.9 Å². The minimum atomic E-state index is -1.54. The number of aliphatic hydroxyl groups is 3. The first-order chi connectivity index (χ1) is 19.9. The summed E-state index contributed by atoms with van der Waals surface area (Å²) in [6.45, 7) is 5.07. The maximum atomic E-state index is 13.0. The van der Waals surface area contributed by atoms with Crippen molar-refractivity contribution in [3.05, 3.63) is 59.7 Å². The van der Waals surface area contributed by atoms with Gasteiger partial charge in [0.2, 0.25) is 5.91 Å². The molecule has 6 atom stereocenters. The summed E-state index contributed by atoms with van der Waals surface area (Å²) in [5, 5.41) is 35.3. The molecule has 12 nitrogen and oxygen atoms in total. The van der Waals surface area contributed by atoms with Crippen LogP contribution in [-0.2, 0) is 28.5 Å². The van der Waals surface area contributed by atoms with Crippen molar-refractivity contribution in [2.24, 2.45) is 0 Å². The molecule has 0 saturated carbocycles. The van der Waals surface area contributed by atoms with Gasteiger partial charge in [0, 0.05) is 12.8 Å². The molecule has 12 heteroatoms. The minimum absolute atomic E-state index is 0.0142. The van der Waals surface area contributed by atoms with Crippen molar-refractivity contribution in [3.63, 3.8) is 0 Å². The monoisotopic (exact) mass is 586 g/mol. The average molecular weight is 587 g/mol. The fourth-order valence-electron chi connectivity index (χ4n) is 5.13. The van der Waals surface area contributed by atoms with E-state index >= 15 is 0 Å². The topological polar surface area (TPSA) is 173 Å². The number of rotatable bonds is 9. The van der Waals surface area contributed by atoms with Crippen LogP contribution in [-0.4, -0.2) is 95.4 Å². The normalized spacial score (nSPS) is 24.2. The van der Waals surface area contributed by atoms with Crippen molar-refractivity contribution in [2.45, 2.75) is 75.9 Å². The quantitative estimate of drug-likeness (QED) is 0.269. The highest BCUT2D eigenvalue weighted by Gasteiger charge is 2.46. The molecule has 2 amide bonds. The lowest BCUT2D eigenvalue weighted by atomic mass is 9.97. The lowest BCUT2D eigenvalue weighted by Gasteiger charge is -2.42. The van der Waals surface area contributed by atoms with Gasteiger partial charge in [0.25, 0.3) is 0 Å². The van der Waals surface area contributed by atoms with Crippen LogP contribution >= 0.6 is 0 Å². The van der Waals surface area contributed by atoms with E-state index in [1.807, 2.05) is 48.5 Å². The molecule has 1 aliphatic heterocycles. The molecule has 1 heterocycles. The number of amides is 2. The van der Waals surface area contributed by atoms with Crippen molar-refractivity contribution in [1.29, 1.82) is 0 Å². The molecular weight excluding hydrogens is 548 g/mol. The maximum Gasteiger partial charge on any atom is 0.407 e. The third-order valence-corrected chi connectivity index (χ3v) is 7.00. The van der Waals surface area contributed by atoms with Gasteiger partial charge in [0.15, 0.2) is 12.3 Å². The Bertz CT molecular complexity index is 1230. The summed E-state index contributed by atoms with van der Waals surface area (Å²) in [7, 11) is 0. The molecule has 42 heavy (non-hydrogen) atoms. The summed E-state index contributed by atoms with van der Waals surface area (Å²) in [5.41, 5.74) is 3.29. The third kappa shape index (κ3) is 7.26. The third-order valence-electron chi connectivity index (χ3n) is 7.00. The van der Waals surface area contributed by atoms with Gasteiger partial charge < -0.3 is 44.9 Å². The van der Waals surface area contributed by atoms with Gasteiger partial charge in [0.1, 0.15) is 36.6 Å². The van der Waals surface area contributed by atoms with Gasteiger partial charge in [-0.2, -0.15) is 0 Å². The Morgan fingerprint density at radius 1 is 0.976 bits per heavy atom. The van der Waals surface area contributed by atoms with Crippen LogP contribution in [0.1, 0.15) is 44.7 Å². The molecule has 1 saturated heterocycles. The van der Waals surface area contributed by atoms with Crippen LogP contribution in [0.25, 0.3) is 11.1 Å². The molecule has 5 N–H and O–H groups in total. The summed E-state index contributed by atoms with van der Waals surface area (Å²) < 4.78 is 22.3. The minimum Gasteiger partial charge on any atom is -0.458 e. The molecule has 1 fully saturated rings. The molecule has 2 aromatic carbocycles. The lowest BCUT2D eigenvalue weighted by molar-refractivity contribution is -0.271. The standard InChI is InChI=1S/C30H38N2O10/c1-16(34)31-24-26(36)25(35)23(13-33)41-28(24)39-15-22(27(37)42-30(2,3)4)32-29(38)40-14-21-19-11-7-5-9-17(19)18-10-6-8-12-20(18)21/h5-12,21-26,28,33,35-36H,13-15H2,1-4H3,(H,31,34)(H,32,38)/t22-,23?,24?,25-,26-,28-/m0/s1. The van der Waals surface area contributed by atoms with Gasteiger partial charge in [-0.3, -0.25) is 4.79 Å². The van der Waals surface area contributed by atoms with E-state index in [9.17, 15) is 29.7 Å². The zero-order valence-corrected chi connectivity index (χ0v) is 24.0. The highest BCUT2D eigenvalue weighted by Crippen LogP contribution is 2.44. The van der Waals surface area contributed by atoms with Crippen molar-refractivity contribution >= 4 is 18.0 Å². The number of carbonyl (C=O) groups excluding carboxylic acids is 3. The number of nitrogens with one attached hydrogen (secondary N) is 2. The summed E-state index contributed by atoms with van der Waals surface area (Å²) in [5.74, 6) is -1.55. The number of hydrogen-bond acceptors (Lipinski definition) is 10. The Kier molecular flexibility index (Phi) is 9.85. The fraction of sp³-hybridized carbons (Fsp3) is 0.500. The second-order valence-corrected chi connectivity index (χ2v) is 11.3. The SMILES string of the molecule is CC(=O)NC1[C@@H](OC[C@H](NC(=O)OCC2c3ccccc3-c3ccccc32)C(=O)OC(C)(C)C)OC(CO)[C@H](O)[C@H]1O. The van der Waals surface area contributed by atoms with E-state index in [2.05, 4.69) is 10.6 Å². The van der Waals surface area contributed by atoms with E-state index in [-0.39, 0.29) is 12.5 Å². The van der Waals surface area contributed by atoms with E-state index in [0.29, 0.717) is 0 Å². The first-order valence-corrected chi connectivity index (χ1v) is 13.7. The molecule has 0 bridgehead atoms. The van der Waals surface area contributed by atoms with Crippen LogP contribution in [0.4, 0.5) is 4.79 Å². The summed E-state index contributed by atoms with van der Waals surface area (Å²) >= 11 is 0. The zero-order chi connectivity index (χ0) is 30.6. The summed E-state index contributed by atoms with van der Waals surface area (Å²) in [6, 6.07) is 13.2. The number of hydrogen-bond donors (Lipinski definition) is 5. The first kappa shape index (κ1) is 31.4. The molecule has 0 aromatic heterocycles. The molecule has 2 aromatic rings. The van der Waals surface area contributed by atoms with E-state index in [1.54, 1.807) is 20.8 Å². The van der Waals surface area contributed by atoms with Gasteiger partial charge in [0.05, 0.1) is 13.2 Å². The second kappa shape index (κ2) is 13.2. The predicted molar refractivity (Wildman–Crippen MR) is 149 cm³/mol. The van der Waals surface area contributed by atoms with Crippen molar-refractivity contribution < 1.29 is 48.7 Å². The maximum absolute atomic E-state index is 13.0. The number of aliphatic hydroxyl groups excluding tert-OH is 3. The Labute approximate surface area is 243 Å². The number of esters is 1. The highest BCUT2D eigenvalue weighted by molar-refractivity contribution is 5.82. The van der Waals surface area contributed by atoms with Crippen LogP contribution in [0.2, 0.25) is 0 Å². The second-order valence-electron chi connectivity index (χ2n) is 11.3. The van der Waals surface area contributed by atoms with Crippen LogP contribution in [0.15, 0.2) is 48.5 Å². The molecule has 2 unspecified atom stereocenters. The van der Waals surface area contributed by atoms with Crippen LogP contribution in [0, 0.1) is 0 Å². The Morgan fingerprint density at radius 3 is 2.12 bits per heavy atom. The zero-order valence-electron chi connectivity index (χ0n) is 24.0. The number of ether oxygens (including phenoxy) is 4. The van der Waals surface area contributed by atoms with E-state index < -0.39 is 73.5 Å². The number of carbonyl (C=O) groups is 3. The van der Waals surface area contributed by atoms with Gasteiger partial charge in [-0.15, -0.1) is 0 Å². The van der Waals surface area contributed by atoms with Gasteiger partial charge in [-0.25, -0.2) is 9.59 Å². The summed E-state index contributed by atoms with van der Waals surface area (Å²) in [6.07, 6.45) is -6.53. The smallest absolute Gasteiger partial charge is 0.407 e. The molecule has 2 aliphatic rings. The first-order valence-electron chi connectivity index (χ1n) is 13.7. The Hall–Kier alpha value is -3.55.